The number of hydrogen-bond acceptors (Lipinski definition) is 3. The lowest BCUT2D eigenvalue weighted by Crippen LogP contribution is -2.45. The van der Waals surface area contributed by atoms with Gasteiger partial charge in [-0.05, 0) is 32.6 Å². The van der Waals surface area contributed by atoms with E-state index in [1.54, 1.807) is 0 Å². The average Bonchev–Trinajstić information content (AvgIpc) is 2.31. The number of carbonyl (C=O) groups excluding carboxylic acids is 1. The fourth-order valence-corrected chi connectivity index (χ4v) is 2.65. The Morgan fingerprint density at radius 1 is 1.41 bits per heavy atom. The molecule has 1 aliphatic heterocycles. The van der Waals surface area contributed by atoms with Gasteiger partial charge in [0.05, 0.1) is 18.6 Å². The van der Waals surface area contributed by atoms with E-state index in [9.17, 15) is 4.79 Å². The van der Waals surface area contributed by atoms with E-state index in [2.05, 4.69) is 19.9 Å². The Balaban J connectivity index is 1.95. The minimum Gasteiger partial charge on any atom is -0.351 e. The van der Waals surface area contributed by atoms with E-state index in [1.165, 1.54) is 5.57 Å². The minimum absolute atomic E-state index is 0.137. The van der Waals surface area contributed by atoms with E-state index >= 15 is 0 Å². The Bertz CT molecular complexity index is 313. The fraction of sp³-hybridized carbons (Fsp3) is 0.786. The average molecular weight is 238 g/mol. The maximum atomic E-state index is 10.9. The van der Waals surface area contributed by atoms with Gasteiger partial charge in [-0.3, -0.25) is 0 Å². The van der Waals surface area contributed by atoms with Crippen LogP contribution in [-0.4, -0.2) is 25.8 Å². The molecule has 0 N–H and O–H groups in total. The van der Waals surface area contributed by atoms with Crippen molar-refractivity contribution in [2.75, 3.05) is 13.2 Å². The molecule has 17 heavy (non-hydrogen) atoms. The number of hydrogen-bond donors (Lipinski definition) is 0. The van der Waals surface area contributed by atoms with Gasteiger partial charge in [-0.2, -0.15) is 0 Å². The molecular weight excluding hydrogens is 216 g/mol. The van der Waals surface area contributed by atoms with Crippen molar-refractivity contribution in [3.63, 3.8) is 0 Å². The van der Waals surface area contributed by atoms with Crippen molar-refractivity contribution in [2.24, 2.45) is 17.3 Å². The molecule has 2 aliphatic rings. The largest absolute Gasteiger partial charge is 0.351 e. The van der Waals surface area contributed by atoms with Crippen LogP contribution >= 0.6 is 0 Å². The summed E-state index contributed by atoms with van der Waals surface area (Å²) in [6.07, 6.45) is 5.36. The van der Waals surface area contributed by atoms with Crippen molar-refractivity contribution in [3.05, 3.63) is 11.6 Å². The third-order valence-corrected chi connectivity index (χ3v) is 3.88. The molecule has 1 heterocycles. The van der Waals surface area contributed by atoms with E-state index in [1.807, 2.05) is 6.92 Å². The number of aldehydes is 1. The highest BCUT2D eigenvalue weighted by Crippen LogP contribution is 2.35. The van der Waals surface area contributed by atoms with Gasteiger partial charge in [0.25, 0.3) is 0 Å². The lowest BCUT2D eigenvalue weighted by atomic mass is 9.81. The van der Waals surface area contributed by atoms with Gasteiger partial charge >= 0.3 is 0 Å². The maximum absolute atomic E-state index is 10.9. The third kappa shape index (κ3) is 2.78. The Morgan fingerprint density at radius 3 is 2.59 bits per heavy atom. The first kappa shape index (κ1) is 12.8. The number of rotatable bonds is 2. The predicted molar refractivity (Wildman–Crippen MR) is 65.5 cm³/mol. The number of allylic oxidation sites excluding steroid dienone is 2. The van der Waals surface area contributed by atoms with E-state index < -0.39 is 5.41 Å². The Hall–Kier alpha value is -0.670. The molecule has 0 radical (unpaired) electrons. The zero-order valence-corrected chi connectivity index (χ0v) is 10.9. The highest BCUT2D eigenvalue weighted by atomic mass is 16.7. The van der Waals surface area contributed by atoms with Crippen LogP contribution in [0.2, 0.25) is 0 Å². The molecule has 3 heteroatoms. The van der Waals surface area contributed by atoms with Gasteiger partial charge in [-0.15, -0.1) is 0 Å². The Morgan fingerprint density at radius 2 is 2.06 bits per heavy atom. The molecule has 2 unspecified atom stereocenters. The van der Waals surface area contributed by atoms with Crippen LogP contribution in [0, 0.1) is 17.3 Å². The summed E-state index contributed by atoms with van der Waals surface area (Å²) >= 11 is 0. The topological polar surface area (TPSA) is 35.5 Å². The lowest BCUT2D eigenvalue weighted by molar-refractivity contribution is -0.245. The molecule has 96 valence electrons. The molecule has 3 nitrogen and oxygen atoms in total. The summed E-state index contributed by atoms with van der Waals surface area (Å²) < 4.78 is 11.5. The van der Waals surface area contributed by atoms with E-state index in [-0.39, 0.29) is 6.29 Å². The van der Waals surface area contributed by atoms with Crippen LogP contribution in [0.25, 0.3) is 0 Å². The highest BCUT2D eigenvalue weighted by Gasteiger charge is 2.38. The minimum atomic E-state index is -0.458. The van der Waals surface area contributed by atoms with Crippen LogP contribution in [0.4, 0.5) is 0 Å². The smallest absolute Gasteiger partial charge is 0.161 e. The zero-order chi connectivity index (χ0) is 12.5. The van der Waals surface area contributed by atoms with Crippen molar-refractivity contribution in [1.29, 1.82) is 0 Å². The third-order valence-electron chi connectivity index (χ3n) is 3.88. The van der Waals surface area contributed by atoms with Gasteiger partial charge in [-0.1, -0.05) is 18.6 Å². The van der Waals surface area contributed by atoms with Crippen LogP contribution < -0.4 is 0 Å². The summed E-state index contributed by atoms with van der Waals surface area (Å²) in [5.74, 6) is 0.921. The lowest BCUT2D eigenvalue weighted by Gasteiger charge is -2.40. The molecule has 0 saturated carbocycles. The first-order valence-corrected chi connectivity index (χ1v) is 6.41. The van der Waals surface area contributed by atoms with Gasteiger partial charge in [0, 0.05) is 5.92 Å². The SMILES string of the molecule is CC1=CC(C)C(C2OCC(C)(C=O)CO2)CC1. The second-order valence-electron chi connectivity index (χ2n) is 5.84. The highest BCUT2D eigenvalue weighted by molar-refractivity contribution is 5.59. The van der Waals surface area contributed by atoms with Gasteiger partial charge in [0.1, 0.15) is 6.29 Å². The van der Waals surface area contributed by atoms with Crippen molar-refractivity contribution in [3.8, 4) is 0 Å². The molecular formula is C14H22O3. The second kappa shape index (κ2) is 4.91. The Labute approximate surface area is 103 Å². The van der Waals surface area contributed by atoms with Gasteiger partial charge in [0.15, 0.2) is 6.29 Å². The molecule has 1 fully saturated rings. The summed E-state index contributed by atoms with van der Waals surface area (Å²) in [5, 5.41) is 0. The van der Waals surface area contributed by atoms with E-state index in [0.717, 1.165) is 19.1 Å². The summed E-state index contributed by atoms with van der Waals surface area (Å²) in [6, 6.07) is 0. The summed E-state index contributed by atoms with van der Waals surface area (Å²) in [4.78, 5) is 10.9. The van der Waals surface area contributed by atoms with Crippen LogP contribution in [-0.2, 0) is 14.3 Å². The number of carbonyl (C=O) groups is 1. The predicted octanol–water partition coefficient (Wildman–Crippen LogP) is 2.56. The molecule has 2 atom stereocenters. The quantitative estimate of drug-likeness (QED) is 0.548. The molecule has 1 aliphatic carbocycles. The monoisotopic (exact) mass is 238 g/mol. The summed E-state index contributed by atoms with van der Waals surface area (Å²) in [5.41, 5.74) is 1.00. The van der Waals surface area contributed by atoms with Crippen LogP contribution in [0.5, 0.6) is 0 Å². The molecule has 0 aromatic heterocycles. The van der Waals surface area contributed by atoms with Gasteiger partial charge < -0.3 is 14.3 Å². The van der Waals surface area contributed by atoms with Gasteiger partial charge in [-0.25, -0.2) is 0 Å². The van der Waals surface area contributed by atoms with Gasteiger partial charge in [0.2, 0.25) is 0 Å². The van der Waals surface area contributed by atoms with Crippen LogP contribution in [0.15, 0.2) is 11.6 Å². The molecule has 0 amide bonds. The second-order valence-corrected chi connectivity index (χ2v) is 5.84. The molecule has 0 aromatic rings. The summed E-state index contributed by atoms with van der Waals surface area (Å²) in [6.45, 7) is 7.23. The normalized spacial score (nSPS) is 43.0. The fourth-order valence-electron chi connectivity index (χ4n) is 2.65. The zero-order valence-electron chi connectivity index (χ0n) is 10.9. The van der Waals surface area contributed by atoms with Crippen LogP contribution in [0.1, 0.15) is 33.6 Å². The first-order valence-electron chi connectivity index (χ1n) is 6.41. The summed E-state index contributed by atoms with van der Waals surface area (Å²) in [7, 11) is 0. The molecule has 0 bridgehead atoms. The van der Waals surface area contributed by atoms with Crippen molar-refractivity contribution < 1.29 is 14.3 Å². The van der Waals surface area contributed by atoms with Crippen molar-refractivity contribution in [1.82, 2.24) is 0 Å². The van der Waals surface area contributed by atoms with Crippen molar-refractivity contribution >= 4 is 6.29 Å². The molecule has 0 aromatic carbocycles. The van der Waals surface area contributed by atoms with E-state index in [4.69, 9.17) is 9.47 Å². The molecule has 0 spiro atoms. The molecule has 1 saturated heterocycles. The standard InChI is InChI=1S/C14H22O3/c1-10-4-5-12(11(2)6-10)13-16-8-14(3,7-15)9-17-13/h6-7,11-13H,4-5,8-9H2,1-3H3. The Kier molecular flexibility index (Phi) is 3.69. The number of ether oxygens (including phenoxy) is 2. The van der Waals surface area contributed by atoms with E-state index in [0.29, 0.717) is 25.0 Å². The first-order chi connectivity index (χ1) is 8.04. The van der Waals surface area contributed by atoms with Crippen molar-refractivity contribution in [2.45, 2.75) is 39.9 Å². The van der Waals surface area contributed by atoms with Crippen LogP contribution in [0.3, 0.4) is 0 Å². The molecule has 2 rings (SSSR count). The maximum Gasteiger partial charge on any atom is 0.161 e.